The molecule has 2 aromatic carbocycles. The lowest BCUT2D eigenvalue weighted by molar-refractivity contribution is -0.153. The van der Waals surface area contributed by atoms with E-state index in [2.05, 4.69) is 0 Å². The SMILES string of the molecule is CCCCC(C(=O)O)N1C(=O)C=CC1=O.O=C(c1ccc(O)cc1O)c1ccc(O)cc1O. The Labute approximate surface area is 188 Å². The maximum Gasteiger partial charge on any atom is 0.326 e. The monoisotopic (exact) mass is 457 g/mol. The highest BCUT2D eigenvalue weighted by molar-refractivity contribution is 6.14. The summed E-state index contributed by atoms with van der Waals surface area (Å²) in [6, 6.07) is 6.04. The lowest BCUT2D eigenvalue weighted by Crippen LogP contribution is -2.44. The van der Waals surface area contributed by atoms with Crippen molar-refractivity contribution < 1.29 is 44.7 Å². The molecule has 1 heterocycles. The Hall–Kier alpha value is -4.34. The van der Waals surface area contributed by atoms with Crippen LogP contribution in [0, 0.1) is 0 Å². The van der Waals surface area contributed by atoms with Crippen LogP contribution in [0.1, 0.15) is 42.1 Å². The Morgan fingerprint density at radius 1 is 0.848 bits per heavy atom. The number of carboxylic acids is 1. The molecule has 2 amide bonds. The van der Waals surface area contributed by atoms with Gasteiger partial charge in [0.05, 0.1) is 11.1 Å². The van der Waals surface area contributed by atoms with Crippen LogP contribution in [-0.4, -0.2) is 60.0 Å². The topological polar surface area (TPSA) is 173 Å². The molecule has 0 radical (unpaired) electrons. The molecule has 1 unspecified atom stereocenters. The molecule has 1 atom stereocenters. The maximum atomic E-state index is 12.0. The Morgan fingerprint density at radius 2 is 1.30 bits per heavy atom. The first-order chi connectivity index (χ1) is 15.6. The van der Waals surface area contributed by atoms with Gasteiger partial charge in [-0.25, -0.2) is 4.79 Å². The molecule has 2 aromatic rings. The van der Waals surface area contributed by atoms with Crippen molar-refractivity contribution in [3.8, 4) is 23.0 Å². The van der Waals surface area contributed by atoms with Gasteiger partial charge in [-0.05, 0) is 30.7 Å². The summed E-state index contributed by atoms with van der Waals surface area (Å²) < 4.78 is 0. The van der Waals surface area contributed by atoms with Crippen molar-refractivity contribution in [2.75, 3.05) is 0 Å². The molecular formula is C23H23NO9. The van der Waals surface area contributed by atoms with E-state index in [1.807, 2.05) is 6.92 Å². The zero-order valence-corrected chi connectivity index (χ0v) is 17.6. The van der Waals surface area contributed by atoms with Gasteiger partial charge >= 0.3 is 5.97 Å². The summed E-state index contributed by atoms with van der Waals surface area (Å²) in [5.74, 6) is -3.91. The van der Waals surface area contributed by atoms with Gasteiger partial charge in [0.1, 0.15) is 29.0 Å². The van der Waals surface area contributed by atoms with E-state index < -0.39 is 29.6 Å². The Balaban J connectivity index is 0.000000238. The van der Waals surface area contributed by atoms with Crippen molar-refractivity contribution in [3.63, 3.8) is 0 Å². The number of imide groups is 1. The van der Waals surface area contributed by atoms with Crippen molar-refractivity contribution in [2.24, 2.45) is 0 Å². The van der Waals surface area contributed by atoms with Gasteiger partial charge in [-0.1, -0.05) is 19.8 Å². The van der Waals surface area contributed by atoms with Crippen molar-refractivity contribution in [3.05, 3.63) is 59.7 Å². The first kappa shape index (κ1) is 24.9. The Kier molecular flexibility index (Phi) is 8.16. The molecule has 3 rings (SSSR count). The van der Waals surface area contributed by atoms with E-state index in [9.17, 15) is 29.4 Å². The summed E-state index contributed by atoms with van der Waals surface area (Å²) in [6.45, 7) is 1.92. The quantitative estimate of drug-likeness (QED) is 0.309. The minimum absolute atomic E-state index is 0.0474. The predicted molar refractivity (Wildman–Crippen MR) is 115 cm³/mol. The minimum Gasteiger partial charge on any atom is -0.508 e. The number of carboxylic acid groups (broad SMARTS) is 1. The number of rotatable bonds is 7. The number of aliphatic carboxylic acids is 1. The molecule has 174 valence electrons. The number of phenols is 4. The van der Waals surface area contributed by atoms with Gasteiger partial charge in [-0.2, -0.15) is 0 Å². The summed E-state index contributed by atoms with van der Waals surface area (Å²) in [5.41, 5.74) is -0.0948. The summed E-state index contributed by atoms with van der Waals surface area (Å²) in [6.07, 6.45) is 4.01. The third kappa shape index (κ3) is 6.10. The van der Waals surface area contributed by atoms with Crippen LogP contribution in [0.25, 0.3) is 0 Å². The number of ketones is 1. The van der Waals surface area contributed by atoms with Crippen LogP contribution in [0.15, 0.2) is 48.6 Å². The van der Waals surface area contributed by atoms with Gasteiger partial charge in [0.2, 0.25) is 0 Å². The van der Waals surface area contributed by atoms with E-state index in [-0.39, 0.29) is 34.1 Å². The zero-order valence-electron chi connectivity index (χ0n) is 17.6. The van der Waals surface area contributed by atoms with Crippen molar-refractivity contribution in [2.45, 2.75) is 32.2 Å². The normalized spacial score (nSPS) is 13.4. The predicted octanol–water partition coefficient (Wildman–Crippen LogP) is 2.29. The highest BCUT2D eigenvalue weighted by atomic mass is 16.4. The molecule has 0 aromatic heterocycles. The molecule has 10 nitrogen and oxygen atoms in total. The molecule has 1 aliphatic rings. The number of phenolic OH excluding ortho intramolecular Hbond substituents is 4. The van der Waals surface area contributed by atoms with Gasteiger partial charge in [0, 0.05) is 24.3 Å². The van der Waals surface area contributed by atoms with E-state index in [1.54, 1.807) is 0 Å². The summed E-state index contributed by atoms with van der Waals surface area (Å²) in [7, 11) is 0. The van der Waals surface area contributed by atoms with Crippen molar-refractivity contribution in [1.29, 1.82) is 0 Å². The van der Waals surface area contributed by atoms with Crippen LogP contribution >= 0.6 is 0 Å². The molecule has 0 aliphatic carbocycles. The number of carbonyl (C=O) groups excluding carboxylic acids is 3. The van der Waals surface area contributed by atoms with Gasteiger partial charge in [0.25, 0.3) is 11.8 Å². The zero-order chi connectivity index (χ0) is 24.7. The largest absolute Gasteiger partial charge is 0.508 e. The second kappa shape index (κ2) is 10.8. The van der Waals surface area contributed by atoms with E-state index in [4.69, 9.17) is 15.3 Å². The van der Waals surface area contributed by atoms with Crippen LogP contribution in [0.5, 0.6) is 23.0 Å². The second-order valence-electron chi connectivity index (χ2n) is 7.11. The highest BCUT2D eigenvalue weighted by Gasteiger charge is 2.35. The fourth-order valence-corrected chi connectivity index (χ4v) is 3.05. The number of carbonyl (C=O) groups is 4. The second-order valence-corrected chi connectivity index (χ2v) is 7.11. The lowest BCUT2D eigenvalue weighted by atomic mass is 10.0. The van der Waals surface area contributed by atoms with Gasteiger partial charge in [-0.15, -0.1) is 0 Å². The van der Waals surface area contributed by atoms with Crippen LogP contribution < -0.4 is 0 Å². The summed E-state index contributed by atoms with van der Waals surface area (Å²) in [5, 5.41) is 46.3. The van der Waals surface area contributed by atoms with Crippen LogP contribution in [-0.2, 0) is 14.4 Å². The molecule has 0 saturated heterocycles. The minimum atomic E-state index is -1.13. The first-order valence-corrected chi connectivity index (χ1v) is 9.93. The number of unbranched alkanes of at least 4 members (excludes halogenated alkanes) is 1. The lowest BCUT2D eigenvalue weighted by Gasteiger charge is -2.21. The smallest absolute Gasteiger partial charge is 0.326 e. The molecule has 10 heteroatoms. The van der Waals surface area contributed by atoms with E-state index in [1.165, 1.54) is 24.3 Å². The Morgan fingerprint density at radius 3 is 1.67 bits per heavy atom. The van der Waals surface area contributed by atoms with Crippen molar-refractivity contribution in [1.82, 2.24) is 4.90 Å². The van der Waals surface area contributed by atoms with Gasteiger partial charge in [-0.3, -0.25) is 19.3 Å². The number of nitrogens with zero attached hydrogens (tertiary/aromatic N) is 1. The average Bonchev–Trinajstić information content (AvgIpc) is 3.06. The number of aromatic hydroxyl groups is 4. The molecule has 0 fully saturated rings. The highest BCUT2D eigenvalue weighted by Crippen LogP contribution is 2.29. The van der Waals surface area contributed by atoms with E-state index >= 15 is 0 Å². The fourth-order valence-electron chi connectivity index (χ4n) is 3.05. The first-order valence-electron chi connectivity index (χ1n) is 9.93. The Bertz CT molecular complexity index is 1040. The number of hydrogen-bond donors (Lipinski definition) is 5. The number of hydrogen-bond acceptors (Lipinski definition) is 8. The molecule has 0 spiro atoms. The van der Waals surface area contributed by atoms with Crippen LogP contribution in [0.4, 0.5) is 0 Å². The number of amides is 2. The molecule has 0 bridgehead atoms. The van der Waals surface area contributed by atoms with Crippen molar-refractivity contribution >= 4 is 23.6 Å². The molecule has 0 saturated carbocycles. The third-order valence-corrected chi connectivity index (χ3v) is 4.72. The fraction of sp³-hybridized carbons (Fsp3) is 0.217. The standard InChI is InChI=1S/C13H10O5.C10H13NO4/c14-7-1-3-9(11(16)5-7)13(18)10-4-2-8(15)6-12(10)17;1-2-3-4-7(10(14)15)11-8(12)5-6-9(11)13/h1-6,14-17H;5-7H,2-4H2,1H3,(H,14,15). The third-order valence-electron chi connectivity index (χ3n) is 4.72. The van der Waals surface area contributed by atoms with E-state index in [0.29, 0.717) is 12.8 Å². The summed E-state index contributed by atoms with van der Waals surface area (Å²) >= 11 is 0. The maximum absolute atomic E-state index is 12.0. The van der Waals surface area contributed by atoms with Gasteiger partial charge < -0.3 is 25.5 Å². The molecule has 1 aliphatic heterocycles. The van der Waals surface area contributed by atoms with Crippen LogP contribution in [0.2, 0.25) is 0 Å². The molecular weight excluding hydrogens is 434 g/mol. The molecule has 5 N–H and O–H groups in total. The number of benzene rings is 2. The van der Waals surface area contributed by atoms with Crippen LogP contribution in [0.3, 0.4) is 0 Å². The molecule has 33 heavy (non-hydrogen) atoms. The summed E-state index contributed by atoms with van der Waals surface area (Å²) in [4.78, 5) is 46.2. The van der Waals surface area contributed by atoms with E-state index in [0.717, 1.165) is 35.6 Å². The van der Waals surface area contributed by atoms with Gasteiger partial charge in [0.15, 0.2) is 5.78 Å². The average molecular weight is 457 g/mol.